The molecule has 3 aromatic rings. The molecule has 1 amide bonds. The lowest BCUT2D eigenvalue weighted by Gasteiger charge is -2.32. The molecule has 1 aliphatic heterocycles. The van der Waals surface area contributed by atoms with Crippen molar-refractivity contribution in [2.45, 2.75) is 42.4 Å². The van der Waals surface area contributed by atoms with E-state index in [9.17, 15) is 17.6 Å². The molecule has 0 spiro atoms. The summed E-state index contributed by atoms with van der Waals surface area (Å²) in [6.45, 7) is 3.80. The van der Waals surface area contributed by atoms with E-state index in [-0.39, 0.29) is 22.6 Å². The normalized spacial score (nSPS) is 15.4. The first kappa shape index (κ1) is 22.8. The number of carbonyl (C=O) groups excluding carboxylic acids is 1. The number of hydrogen-bond acceptors (Lipinski definition) is 5. The Morgan fingerprint density at radius 3 is 2.53 bits per heavy atom. The van der Waals surface area contributed by atoms with Crippen LogP contribution in [-0.2, 0) is 21.4 Å². The molecular formula is C22H25FN4O3S2. The molecule has 0 aliphatic carbocycles. The van der Waals surface area contributed by atoms with Crippen LogP contribution in [0.25, 0.3) is 11.0 Å². The number of likely N-dealkylation sites (tertiary alicyclic amines) is 1. The highest BCUT2D eigenvalue weighted by Gasteiger charge is 2.27. The second-order valence-corrected chi connectivity index (χ2v) is 10.3. The largest absolute Gasteiger partial charge is 0.342 e. The maximum atomic E-state index is 13.1. The smallest absolute Gasteiger partial charge is 0.240 e. The third-order valence-corrected chi connectivity index (χ3v) is 8.05. The van der Waals surface area contributed by atoms with Crippen molar-refractivity contribution in [3.05, 3.63) is 54.3 Å². The molecule has 1 aromatic heterocycles. The van der Waals surface area contributed by atoms with E-state index < -0.39 is 15.8 Å². The number of thioether (sulfide) groups is 1. The van der Waals surface area contributed by atoms with Gasteiger partial charge in [-0.15, -0.1) is 0 Å². The van der Waals surface area contributed by atoms with Crippen molar-refractivity contribution in [3.8, 4) is 0 Å². The van der Waals surface area contributed by atoms with E-state index >= 15 is 0 Å². The van der Waals surface area contributed by atoms with Crippen LogP contribution in [0.4, 0.5) is 4.39 Å². The Morgan fingerprint density at radius 2 is 1.84 bits per heavy atom. The number of benzene rings is 2. The summed E-state index contributed by atoms with van der Waals surface area (Å²) < 4.78 is 42.8. The van der Waals surface area contributed by atoms with Crippen molar-refractivity contribution in [3.63, 3.8) is 0 Å². The molecule has 1 fully saturated rings. The van der Waals surface area contributed by atoms with Gasteiger partial charge in [0, 0.05) is 25.7 Å². The van der Waals surface area contributed by atoms with Crippen molar-refractivity contribution >= 4 is 38.7 Å². The molecule has 10 heteroatoms. The van der Waals surface area contributed by atoms with Crippen molar-refractivity contribution < 1.29 is 17.6 Å². The minimum atomic E-state index is -3.72. The number of hydrogen-bond donors (Lipinski definition) is 1. The summed E-state index contributed by atoms with van der Waals surface area (Å²) in [7, 11) is -3.72. The van der Waals surface area contributed by atoms with E-state index in [1.807, 2.05) is 24.3 Å². The molecule has 4 rings (SSSR count). The van der Waals surface area contributed by atoms with Crippen LogP contribution in [0.2, 0.25) is 0 Å². The molecule has 1 saturated heterocycles. The van der Waals surface area contributed by atoms with E-state index in [4.69, 9.17) is 0 Å². The SMILES string of the molecule is CCn1c(SCC(=O)N2CCC(NS(=O)(=O)c3ccc(F)cc3)CC2)nc2ccccc21. The number of imidazole rings is 1. The number of aromatic nitrogens is 2. The van der Waals surface area contributed by atoms with Gasteiger partial charge in [0.05, 0.1) is 21.7 Å². The minimum Gasteiger partial charge on any atom is -0.342 e. The summed E-state index contributed by atoms with van der Waals surface area (Å²) in [4.78, 5) is 19.2. The summed E-state index contributed by atoms with van der Waals surface area (Å²) in [6, 6.07) is 12.4. The lowest BCUT2D eigenvalue weighted by molar-refractivity contribution is -0.129. The number of rotatable bonds is 7. The van der Waals surface area contributed by atoms with Crippen LogP contribution in [0.1, 0.15) is 19.8 Å². The zero-order valence-electron chi connectivity index (χ0n) is 17.7. The Morgan fingerprint density at radius 1 is 1.16 bits per heavy atom. The van der Waals surface area contributed by atoms with Gasteiger partial charge in [-0.2, -0.15) is 0 Å². The minimum absolute atomic E-state index is 0.0181. The van der Waals surface area contributed by atoms with Gasteiger partial charge in [0.15, 0.2) is 5.16 Å². The topological polar surface area (TPSA) is 84.3 Å². The highest BCUT2D eigenvalue weighted by Crippen LogP contribution is 2.25. The van der Waals surface area contributed by atoms with Crippen molar-refractivity contribution in [2.24, 2.45) is 0 Å². The zero-order valence-corrected chi connectivity index (χ0v) is 19.3. The Labute approximate surface area is 191 Å². The van der Waals surface area contributed by atoms with Crippen LogP contribution in [0.5, 0.6) is 0 Å². The molecule has 32 heavy (non-hydrogen) atoms. The number of fused-ring (bicyclic) bond motifs is 1. The first-order valence-electron chi connectivity index (χ1n) is 10.5. The number of nitrogens with one attached hydrogen (secondary N) is 1. The number of para-hydroxylation sites is 2. The Balaban J connectivity index is 1.31. The third-order valence-electron chi connectivity index (χ3n) is 5.55. The van der Waals surface area contributed by atoms with Gasteiger partial charge in [0.2, 0.25) is 15.9 Å². The fraction of sp³-hybridized carbons (Fsp3) is 0.364. The molecular weight excluding hydrogens is 451 g/mol. The quantitative estimate of drug-likeness (QED) is 0.529. The van der Waals surface area contributed by atoms with Crippen molar-refractivity contribution in [1.29, 1.82) is 0 Å². The van der Waals surface area contributed by atoms with Gasteiger partial charge in [-0.1, -0.05) is 23.9 Å². The molecule has 2 heterocycles. The Kier molecular flexibility index (Phi) is 6.82. The number of halogens is 1. The number of nitrogens with zero attached hydrogens (tertiary/aromatic N) is 3. The van der Waals surface area contributed by atoms with E-state index in [1.54, 1.807) is 4.90 Å². The molecule has 0 atom stereocenters. The average molecular weight is 477 g/mol. The lowest BCUT2D eigenvalue weighted by atomic mass is 10.1. The summed E-state index contributed by atoms with van der Waals surface area (Å²) >= 11 is 1.43. The third kappa shape index (κ3) is 4.97. The van der Waals surface area contributed by atoms with Crippen LogP contribution in [0, 0.1) is 5.82 Å². The van der Waals surface area contributed by atoms with E-state index in [2.05, 4.69) is 21.2 Å². The van der Waals surface area contributed by atoms with Crippen molar-refractivity contribution in [2.75, 3.05) is 18.8 Å². The van der Waals surface area contributed by atoms with Gasteiger partial charge < -0.3 is 9.47 Å². The molecule has 7 nitrogen and oxygen atoms in total. The first-order chi connectivity index (χ1) is 15.4. The van der Waals surface area contributed by atoms with Crippen LogP contribution in [0.15, 0.2) is 58.6 Å². The zero-order chi connectivity index (χ0) is 22.7. The highest BCUT2D eigenvalue weighted by molar-refractivity contribution is 7.99. The molecule has 170 valence electrons. The lowest BCUT2D eigenvalue weighted by Crippen LogP contribution is -2.47. The standard InChI is InChI=1S/C22H25FN4O3S2/c1-2-27-20-6-4-3-5-19(20)24-22(27)31-15-21(28)26-13-11-17(12-14-26)25-32(29,30)18-9-7-16(23)8-10-18/h3-10,17,25H,2,11-15H2,1H3. The fourth-order valence-corrected chi connectivity index (χ4v) is 6.12. The van der Waals surface area contributed by atoms with Gasteiger partial charge in [-0.3, -0.25) is 4.79 Å². The predicted octanol–water partition coefficient (Wildman–Crippen LogP) is 3.26. The molecule has 2 aromatic carbocycles. The van der Waals surface area contributed by atoms with Gasteiger partial charge in [0.25, 0.3) is 0 Å². The fourth-order valence-electron chi connectivity index (χ4n) is 3.83. The number of sulfonamides is 1. The Bertz CT molecular complexity index is 1200. The highest BCUT2D eigenvalue weighted by atomic mass is 32.2. The molecule has 1 N–H and O–H groups in total. The molecule has 0 saturated carbocycles. The number of piperidine rings is 1. The van der Waals surface area contributed by atoms with Crippen LogP contribution in [-0.4, -0.2) is 53.7 Å². The predicted molar refractivity (Wildman–Crippen MR) is 122 cm³/mol. The summed E-state index contributed by atoms with van der Waals surface area (Å²) in [6.07, 6.45) is 1.06. The molecule has 1 aliphatic rings. The molecule has 0 radical (unpaired) electrons. The first-order valence-corrected chi connectivity index (χ1v) is 13.0. The second kappa shape index (κ2) is 9.60. The van der Waals surface area contributed by atoms with E-state index in [0.717, 1.165) is 34.9 Å². The van der Waals surface area contributed by atoms with Crippen LogP contribution >= 0.6 is 11.8 Å². The van der Waals surface area contributed by atoms with Crippen molar-refractivity contribution in [1.82, 2.24) is 19.2 Å². The van der Waals surface area contributed by atoms with Gasteiger partial charge in [-0.05, 0) is 56.2 Å². The van der Waals surface area contributed by atoms with Crippen LogP contribution in [0.3, 0.4) is 0 Å². The van der Waals surface area contributed by atoms with E-state index in [1.165, 1.54) is 23.9 Å². The van der Waals surface area contributed by atoms with Gasteiger partial charge in [0.1, 0.15) is 5.82 Å². The molecule has 0 unspecified atom stereocenters. The maximum absolute atomic E-state index is 13.1. The summed E-state index contributed by atoms with van der Waals surface area (Å²) in [5, 5.41) is 0.823. The second-order valence-electron chi connectivity index (χ2n) is 7.65. The molecule has 0 bridgehead atoms. The van der Waals surface area contributed by atoms with Gasteiger partial charge in [-0.25, -0.2) is 22.5 Å². The Hall–Kier alpha value is -2.43. The summed E-state index contributed by atoms with van der Waals surface area (Å²) in [5.41, 5.74) is 1.97. The van der Waals surface area contributed by atoms with E-state index in [0.29, 0.717) is 25.9 Å². The monoisotopic (exact) mass is 476 g/mol. The number of aryl methyl sites for hydroxylation is 1. The number of carbonyl (C=O) groups is 1. The van der Waals surface area contributed by atoms with Gasteiger partial charge >= 0.3 is 0 Å². The van der Waals surface area contributed by atoms with Crippen LogP contribution < -0.4 is 4.72 Å². The summed E-state index contributed by atoms with van der Waals surface area (Å²) in [5.74, 6) is -0.178. The average Bonchev–Trinajstić information content (AvgIpc) is 3.15. The number of amides is 1. The maximum Gasteiger partial charge on any atom is 0.240 e.